The van der Waals surface area contributed by atoms with E-state index in [4.69, 9.17) is 14.0 Å². The number of methoxy groups -OCH3 is 1. The number of ether oxygens (including phenoxy) is 2. The predicted octanol–water partition coefficient (Wildman–Crippen LogP) is 3.98. The Bertz CT molecular complexity index is 1130. The van der Waals surface area contributed by atoms with Crippen LogP contribution in [0.3, 0.4) is 0 Å². The number of hydrogen-bond donors (Lipinski definition) is 0. The van der Waals surface area contributed by atoms with Gasteiger partial charge in [-0.2, -0.15) is 0 Å². The van der Waals surface area contributed by atoms with Crippen molar-refractivity contribution in [3.63, 3.8) is 0 Å². The summed E-state index contributed by atoms with van der Waals surface area (Å²) in [5.41, 5.74) is 2.69. The van der Waals surface area contributed by atoms with Gasteiger partial charge in [-0.25, -0.2) is 9.18 Å². The Hall–Kier alpha value is -3.68. The van der Waals surface area contributed by atoms with Gasteiger partial charge < -0.3 is 14.0 Å². The number of carbonyl (C=O) groups is 2. The smallest absolute Gasteiger partial charge is 0.331 e. The van der Waals surface area contributed by atoms with Crippen LogP contribution in [-0.4, -0.2) is 35.2 Å². The third kappa shape index (κ3) is 4.48. The molecule has 0 aliphatic carbocycles. The molecule has 7 nitrogen and oxygen atoms in total. The Balaban J connectivity index is 1.64. The molecule has 1 aromatic carbocycles. The largest absolute Gasteiger partial charge is 0.494 e. The van der Waals surface area contributed by atoms with Crippen molar-refractivity contribution in [3.05, 3.63) is 70.5 Å². The van der Waals surface area contributed by atoms with E-state index in [2.05, 4.69) is 5.16 Å². The number of Topliss-reactive ketones (excluding diaryl/α,β-unsaturated/α-hetero) is 1. The minimum atomic E-state index is -0.681. The zero-order chi connectivity index (χ0) is 21.8. The van der Waals surface area contributed by atoms with Crippen LogP contribution >= 0.6 is 0 Å². The standard InChI is InChI=1S/C22H21FN2O5/c1-13-9-16(15(3)25(13)21-10-14(2)30-24-21)6-8-22(27)29-12-19(26)17-5-7-20(28-4)18(23)11-17/h5-11H,12H2,1-4H3/b8-6+. The summed E-state index contributed by atoms with van der Waals surface area (Å²) < 4.78 is 30.5. The number of aromatic nitrogens is 2. The first-order valence-electron chi connectivity index (χ1n) is 9.14. The van der Waals surface area contributed by atoms with Crippen LogP contribution in [0.4, 0.5) is 4.39 Å². The summed E-state index contributed by atoms with van der Waals surface area (Å²) in [6.45, 7) is 5.12. The highest BCUT2D eigenvalue weighted by Crippen LogP contribution is 2.22. The summed E-state index contributed by atoms with van der Waals surface area (Å²) in [6.07, 6.45) is 2.84. The number of halogens is 1. The summed E-state index contributed by atoms with van der Waals surface area (Å²) >= 11 is 0. The van der Waals surface area contributed by atoms with Crippen molar-refractivity contribution in [2.45, 2.75) is 20.8 Å². The lowest BCUT2D eigenvalue weighted by atomic mass is 10.1. The molecular formula is C22H21FN2O5. The fourth-order valence-corrected chi connectivity index (χ4v) is 3.03. The van der Waals surface area contributed by atoms with Crippen LogP contribution in [0.2, 0.25) is 0 Å². The number of aryl methyl sites for hydroxylation is 2. The molecule has 0 unspecified atom stereocenters. The summed E-state index contributed by atoms with van der Waals surface area (Å²) in [5.74, 6) is -0.476. The molecule has 156 valence electrons. The van der Waals surface area contributed by atoms with Gasteiger partial charge in [0.25, 0.3) is 0 Å². The van der Waals surface area contributed by atoms with Crippen molar-refractivity contribution in [1.29, 1.82) is 0 Å². The van der Waals surface area contributed by atoms with E-state index in [9.17, 15) is 14.0 Å². The second-order valence-corrected chi connectivity index (χ2v) is 6.67. The van der Waals surface area contributed by atoms with E-state index >= 15 is 0 Å². The Kier molecular flexibility index (Phi) is 6.15. The highest BCUT2D eigenvalue weighted by atomic mass is 19.1. The predicted molar refractivity (Wildman–Crippen MR) is 107 cm³/mol. The number of nitrogens with zero attached hydrogens (tertiary/aromatic N) is 2. The Morgan fingerprint density at radius 2 is 1.97 bits per heavy atom. The molecule has 0 spiro atoms. The lowest BCUT2D eigenvalue weighted by molar-refractivity contribution is -0.136. The number of rotatable bonds is 7. The highest BCUT2D eigenvalue weighted by Gasteiger charge is 2.14. The normalized spacial score (nSPS) is 11.1. The fourth-order valence-electron chi connectivity index (χ4n) is 3.03. The van der Waals surface area contributed by atoms with Crippen LogP contribution in [0.15, 0.2) is 40.9 Å². The monoisotopic (exact) mass is 412 g/mol. The van der Waals surface area contributed by atoms with Crippen LogP contribution in [0.25, 0.3) is 11.9 Å². The van der Waals surface area contributed by atoms with Crippen molar-refractivity contribution < 1.29 is 28.0 Å². The van der Waals surface area contributed by atoms with Crippen molar-refractivity contribution in [2.24, 2.45) is 0 Å². The van der Waals surface area contributed by atoms with E-state index in [1.807, 2.05) is 37.5 Å². The molecule has 0 amide bonds. The molecule has 2 heterocycles. The number of esters is 1. The molecule has 2 aromatic heterocycles. The number of benzene rings is 1. The molecule has 0 fully saturated rings. The van der Waals surface area contributed by atoms with Gasteiger partial charge in [0.2, 0.25) is 0 Å². The summed E-state index contributed by atoms with van der Waals surface area (Å²) in [4.78, 5) is 24.1. The summed E-state index contributed by atoms with van der Waals surface area (Å²) in [5, 5.41) is 4.01. The molecule has 0 aliphatic heterocycles. The maximum absolute atomic E-state index is 13.7. The highest BCUT2D eigenvalue weighted by molar-refractivity contribution is 5.99. The van der Waals surface area contributed by atoms with E-state index in [0.717, 1.165) is 23.0 Å². The molecule has 0 radical (unpaired) electrons. The molecule has 0 N–H and O–H groups in total. The van der Waals surface area contributed by atoms with Gasteiger partial charge in [0, 0.05) is 29.1 Å². The first-order chi connectivity index (χ1) is 14.3. The Labute approximate surface area is 172 Å². The van der Waals surface area contributed by atoms with Crippen LogP contribution in [0.1, 0.15) is 33.1 Å². The molecule has 0 atom stereocenters. The quantitative estimate of drug-likeness (QED) is 0.332. The minimum Gasteiger partial charge on any atom is -0.494 e. The minimum absolute atomic E-state index is 0.0323. The molecule has 0 saturated heterocycles. The zero-order valence-electron chi connectivity index (χ0n) is 17.1. The summed E-state index contributed by atoms with van der Waals surface area (Å²) in [6, 6.07) is 7.51. The molecule has 8 heteroatoms. The third-order valence-corrected chi connectivity index (χ3v) is 4.53. The molecule has 3 rings (SSSR count). The van der Waals surface area contributed by atoms with Crippen LogP contribution in [0.5, 0.6) is 5.75 Å². The number of ketones is 1. The molecular weight excluding hydrogens is 391 g/mol. The van der Waals surface area contributed by atoms with Crippen LogP contribution in [0, 0.1) is 26.6 Å². The van der Waals surface area contributed by atoms with Crippen molar-refractivity contribution in [2.75, 3.05) is 13.7 Å². The summed E-state index contributed by atoms with van der Waals surface area (Å²) in [7, 11) is 1.33. The van der Waals surface area contributed by atoms with Gasteiger partial charge in [-0.1, -0.05) is 5.16 Å². The Morgan fingerprint density at radius 1 is 1.20 bits per heavy atom. The van der Waals surface area contributed by atoms with Gasteiger partial charge in [0.1, 0.15) is 5.76 Å². The van der Waals surface area contributed by atoms with Gasteiger partial charge in [0.15, 0.2) is 29.8 Å². The SMILES string of the molecule is COc1ccc(C(=O)COC(=O)/C=C/c2cc(C)n(-c3cc(C)on3)c2C)cc1F. The van der Waals surface area contributed by atoms with Crippen molar-refractivity contribution in [3.8, 4) is 11.6 Å². The fraction of sp³-hybridized carbons (Fsp3) is 0.227. The van der Waals surface area contributed by atoms with Gasteiger partial charge >= 0.3 is 5.97 Å². The van der Waals surface area contributed by atoms with Gasteiger partial charge in [0.05, 0.1) is 7.11 Å². The average Bonchev–Trinajstić information content (AvgIpc) is 3.26. The number of hydrogen-bond acceptors (Lipinski definition) is 6. The number of carbonyl (C=O) groups excluding carboxylic acids is 2. The van der Waals surface area contributed by atoms with Crippen molar-refractivity contribution >= 4 is 17.8 Å². The van der Waals surface area contributed by atoms with Gasteiger partial charge in [-0.3, -0.25) is 9.36 Å². The van der Waals surface area contributed by atoms with E-state index in [-0.39, 0.29) is 11.3 Å². The van der Waals surface area contributed by atoms with Gasteiger partial charge in [-0.15, -0.1) is 0 Å². The third-order valence-electron chi connectivity index (χ3n) is 4.53. The topological polar surface area (TPSA) is 83.6 Å². The lowest BCUT2D eigenvalue weighted by Crippen LogP contribution is -2.12. The first-order valence-corrected chi connectivity index (χ1v) is 9.14. The van der Waals surface area contributed by atoms with Crippen LogP contribution < -0.4 is 4.74 Å². The van der Waals surface area contributed by atoms with Crippen LogP contribution in [-0.2, 0) is 9.53 Å². The maximum Gasteiger partial charge on any atom is 0.331 e. The van der Waals surface area contributed by atoms with Gasteiger partial charge in [-0.05, 0) is 56.7 Å². The second-order valence-electron chi connectivity index (χ2n) is 6.67. The molecule has 0 saturated carbocycles. The molecule has 0 bridgehead atoms. The molecule has 0 aliphatic rings. The molecule has 3 aromatic rings. The van der Waals surface area contributed by atoms with E-state index in [1.165, 1.54) is 25.3 Å². The second kappa shape index (κ2) is 8.77. The average molecular weight is 412 g/mol. The lowest BCUT2D eigenvalue weighted by Gasteiger charge is -2.05. The maximum atomic E-state index is 13.7. The van der Waals surface area contributed by atoms with E-state index in [1.54, 1.807) is 6.08 Å². The molecule has 30 heavy (non-hydrogen) atoms. The first kappa shape index (κ1) is 21.0. The van der Waals surface area contributed by atoms with E-state index in [0.29, 0.717) is 11.6 Å². The van der Waals surface area contributed by atoms with E-state index < -0.39 is 24.2 Å². The zero-order valence-corrected chi connectivity index (χ0v) is 17.1. The Morgan fingerprint density at radius 3 is 2.60 bits per heavy atom. The van der Waals surface area contributed by atoms with Crippen molar-refractivity contribution in [1.82, 2.24) is 9.72 Å².